The van der Waals surface area contributed by atoms with E-state index in [0.717, 1.165) is 22.5 Å². The van der Waals surface area contributed by atoms with E-state index in [9.17, 15) is 25.9 Å². The molecule has 0 aliphatic carbocycles. The number of quaternary nitrogens is 2. The van der Waals surface area contributed by atoms with Gasteiger partial charge in [0.15, 0.2) is 0 Å². The highest BCUT2D eigenvalue weighted by Crippen LogP contribution is 2.29. The topological polar surface area (TPSA) is 170 Å². The van der Waals surface area contributed by atoms with E-state index < -0.39 is 20.2 Å². The summed E-state index contributed by atoms with van der Waals surface area (Å²) >= 11 is 0. The molecule has 0 spiro atoms. The van der Waals surface area contributed by atoms with Crippen LogP contribution in [0.3, 0.4) is 0 Å². The minimum Gasteiger partial charge on any atom is -0.744 e. The minimum absolute atomic E-state index is 0.178. The van der Waals surface area contributed by atoms with Crippen molar-refractivity contribution in [2.45, 2.75) is 51.3 Å². The van der Waals surface area contributed by atoms with Crippen LogP contribution < -0.4 is 11.5 Å². The van der Waals surface area contributed by atoms with Gasteiger partial charge < -0.3 is 20.6 Å². The molecule has 0 aliphatic rings. The van der Waals surface area contributed by atoms with Gasteiger partial charge in [-0.25, -0.2) is 16.8 Å². The Bertz CT molecular complexity index is 1520. The molecule has 0 saturated heterocycles. The maximum atomic E-state index is 10.4. The molecule has 0 bridgehead atoms. The van der Waals surface area contributed by atoms with E-state index in [1.807, 2.05) is 13.8 Å². The molecule has 0 radical (unpaired) electrons. The van der Waals surface area contributed by atoms with Gasteiger partial charge in [0.05, 0.1) is 9.79 Å². The third-order valence-corrected chi connectivity index (χ3v) is 8.04. The normalized spacial score (nSPS) is 11.2. The van der Waals surface area contributed by atoms with Crippen molar-refractivity contribution < 1.29 is 37.4 Å². The van der Waals surface area contributed by atoms with E-state index in [0.29, 0.717) is 0 Å². The van der Waals surface area contributed by atoms with Gasteiger partial charge in [-0.05, 0) is 101 Å². The van der Waals surface area contributed by atoms with Gasteiger partial charge in [-0.15, -0.1) is 0 Å². The van der Waals surface area contributed by atoms with Crippen molar-refractivity contribution in [1.82, 2.24) is 0 Å². The Labute approximate surface area is 237 Å². The molecular weight excluding hydrogens is 548 g/mol. The molecule has 10 heteroatoms. The molecule has 0 amide bonds. The number of hydrogen-bond donors (Lipinski definition) is 2. The summed E-state index contributed by atoms with van der Waals surface area (Å²) in [7, 11) is -8.54. The zero-order valence-corrected chi connectivity index (χ0v) is 25.2. The highest BCUT2D eigenvalue weighted by Gasteiger charge is 2.10. The number of aryl methyl sites for hydroxylation is 6. The average molecular weight is 585 g/mol. The van der Waals surface area contributed by atoms with E-state index in [1.165, 1.54) is 57.6 Å². The summed E-state index contributed by atoms with van der Waals surface area (Å²) in [6.45, 7) is 12.1. The summed E-state index contributed by atoms with van der Waals surface area (Å²) in [5.41, 5.74) is 19.9. The van der Waals surface area contributed by atoms with Crippen LogP contribution in [0.15, 0.2) is 82.6 Å². The van der Waals surface area contributed by atoms with Crippen LogP contribution in [0.4, 0.5) is 11.4 Å². The molecule has 214 valence electrons. The predicted octanol–water partition coefficient (Wildman–Crippen LogP) is 4.13. The fourth-order valence-corrected chi connectivity index (χ4v) is 4.67. The Morgan fingerprint density at radius 2 is 0.700 bits per heavy atom. The van der Waals surface area contributed by atoms with Crippen molar-refractivity contribution in [3.8, 4) is 11.1 Å². The van der Waals surface area contributed by atoms with Crippen LogP contribution in [0.2, 0.25) is 0 Å². The van der Waals surface area contributed by atoms with Crippen LogP contribution in [0.5, 0.6) is 0 Å². The molecule has 40 heavy (non-hydrogen) atoms. The predicted molar refractivity (Wildman–Crippen MR) is 154 cm³/mol. The number of rotatable bonds is 3. The summed E-state index contributed by atoms with van der Waals surface area (Å²) in [5.74, 6) is 0. The zero-order valence-electron chi connectivity index (χ0n) is 23.6. The Balaban J connectivity index is 0.000000222. The summed E-state index contributed by atoms with van der Waals surface area (Å²) < 4.78 is 62.3. The summed E-state index contributed by atoms with van der Waals surface area (Å²) in [5, 5.41) is 0. The molecule has 0 aliphatic heterocycles. The van der Waals surface area contributed by atoms with Gasteiger partial charge in [0, 0.05) is 22.3 Å². The van der Waals surface area contributed by atoms with Crippen molar-refractivity contribution in [1.29, 1.82) is 0 Å². The Hall–Kier alpha value is -3.38. The third kappa shape index (κ3) is 9.37. The summed E-state index contributed by atoms with van der Waals surface area (Å²) in [6.07, 6.45) is 0. The second-order valence-electron chi connectivity index (χ2n) is 9.71. The first-order valence-corrected chi connectivity index (χ1v) is 15.1. The van der Waals surface area contributed by atoms with E-state index >= 15 is 0 Å². The molecule has 6 N–H and O–H groups in total. The van der Waals surface area contributed by atoms with Crippen LogP contribution >= 0.6 is 0 Å². The standard InChI is InChI=1S/C16H20N2.2C7H8O3S/c1-9-5-13(6-10(2)15(9)17)14-7-11(3)16(18)12(4)8-14;2*1-6-2-4-7(5-3-6)11(8,9)10/h5-8H,17-18H2,1-4H3;2*2-5H,1H3,(H,8,9,10). The SMILES string of the molecule is Cc1cc(-c2cc(C)c([NH3+])c(C)c2)cc(C)c1[NH3+].Cc1ccc(S(=O)(=O)[O-])cc1.Cc1ccc(S(=O)(=O)[O-])cc1. The van der Waals surface area contributed by atoms with E-state index in [2.05, 4.69) is 63.4 Å². The third-order valence-electron chi connectivity index (χ3n) is 6.34. The first-order chi connectivity index (χ1) is 18.4. The van der Waals surface area contributed by atoms with Gasteiger partial charge in [-0.2, -0.15) is 0 Å². The van der Waals surface area contributed by atoms with E-state index in [-0.39, 0.29) is 9.79 Å². The molecule has 0 fully saturated rings. The highest BCUT2D eigenvalue weighted by molar-refractivity contribution is 7.86. The first-order valence-electron chi connectivity index (χ1n) is 12.3. The lowest BCUT2D eigenvalue weighted by atomic mass is 9.95. The molecule has 0 unspecified atom stereocenters. The Morgan fingerprint density at radius 1 is 0.475 bits per heavy atom. The molecule has 0 atom stereocenters. The molecule has 4 rings (SSSR count). The lowest BCUT2D eigenvalue weighted by molar-refractivity contribution is -0.257. The Morgan fingerprint density at radius 3 is 0.900 bits per heavy atom. The van der Waals surface area contributed by atoms with Crippen molar-refractivity contribution >= 4 is 31.6 Å². The van der Waals surface area contributed by atoms with Gasteiger partial charge in [0.25, 0.3) is 0 Å². The molecular formula is C30H36N2O6S2. The maximum absolute atomic E-state index is 10.4. The largest absolute Gasteiger partial charge is 0.744 e. The van der Waals surface area contributed by atoms with Gasteiger partial charge in [0.1, 0.15) is 31.6 Å². The zero-order chi connectivity index (χ0) is 30.4. The summed E-state index contributed by atoms with van der Waals surface area (Å²) in [4.78, 5) is -0.355. The van der Waals surface area contributed by atoms with Gasteiger partial charge in [-0.3, -0.25) is 0 Å². The maximum Gasteiger partial charge on any atom is 0.133 e. The van der Waals surface area contributed by atoms with Gasteiger partial charge in [-0.1, -0.05) is 35.4 Å². The molecule has 0 saturated carbocycles. The van der Waals surface area contributed by atoms with Crippen LogP contribution in [0.1, 0.15) is 33.4 Å². The van der Waals surface area contributed by atoms with Gasteiger partial charge in [0.2, 0.25) is 0 Å². The molecule has 0 aromatic heterocycles. The first kappa shape index (κ1) is 32.8. The van der Waals surface area contributed by atoms with Crippen LogP contribution in [0.25, 0.3) is 11.1 Å². The van der Waals surface area contributed by atoms with E-state index in [4.69, 9.17) is 0 Å². The molecule has 4 aromatic carbocycles. The number of hydrogen-bond acceptors (Lipinski definition) is 6. The van der Waals surface area contributed by atoms with Gasteiger partial charge >= 0.3 is 0 Å². The van der Waals surface area contributed by atoms with Crippen LogP contribution in [-0.2, 0) is 20.2 Å². The molecule has 4 aromatic rings. The Kier molecular flexibility index (Phi) is 10.9. The smallest absolute Gasteiger partial charge is 0.133 e. The van der Waals surface area contributed by atoms with Crippen molar-refractivity contribution in [3.63, 3.8) is 0 Å². The van der Waals surface area contributed by atoms with E-state index in [1.54, 1.807) is 24.3 Å². The number of benzene rings is 4. The lowest BCUT2D eigenvalue weighted by Gasteiger charge is -2.09. The van der Waals surface area contributed by atoms with Crippen LogP contribution in [0, 0.1) is 41.5 Å². The molecule has 0 heterocycles. The quantitative estimate of drug-likeness (QED) is 0.343. The average Bonchev–Trinajstić information content (AvgIpc) is 2.85. The van der Waals surface area contributed by atoms with Crippen molar-refractivity contribution in [2.24, 2.45) is 0 Å². The second kappa shape index (κ2) is 13.3. The monoisotopic (exact) mass is 584 g/mol. The second-order valence-corrected chi connectivity index (χ2v) is 12.5. The van der Waals surface area contributed by atoms with Crippen molar-refractivity contribution in [3.05, 3.63) is 106 Å². The highest BCUT2D eigenvalue weighted by atomic mass is 32.2. The minimum atomic E-state index is -4.27. The lowest BCUT2D eigenvalue weighted by Crippen LogP contribution is -2.42. The molecule has 8 nitrogen and oxygen atoms in total. The fourth-order valence-electron chi connectivity index (χ4n) is 3.73. The van der Waals surface area contributed by atoms with Crippen LogP contribution in [-0.4, -0.2) is 25.9 Å². The summed E-state index contributed by atoms with van der Waals surface area (Å²) in [6, 6.07) is 20.4. The van der Waals surface area contributed by atoms with Crippen molar-refractivity contribution in [2.75, 3.05) is 0 Å². The fraction of sp³-hybridized carbons (Fsp3) is 0.200.